The van der Waals surface area contributed by atoms with Crippen molar-refractivity contribution in [3.05, 3.63) is 47.0 Å². The summed E-state index contributed by atoms with van der Waals surface area (Å²) in [5.41, 5.74) is 8.30. The lowest BCUT2D eigenvalue weighted by atomic mass is 9.98. The normalized spacial score (nSPS) is 12.8. The highest BCUT2D eigenvalue weighted by Crippen LogP contribution is 2.42. The first kappa shape index (κ1) is 17.7. The zero-order valence-corrected chi connectivity index (χ0v) is 15.0. The average molecular weight is 355 g/mol. The first-order chi connectivity index (χ1) is 12.6. The van der Waals surface area contributed by atoms with Crippen molar-refractivity contribution in [2.75, 3.05) is 26.7 Å². The summed E-state index contributed by atoms with van der Waals surface area (Å²) in [5, 5.41) is 0. The molecule has 0 aromatic heterocycles. The molecule has 136 valence electrons. The van der Waals surface area contributed by atoms with Gasteiger partial charge in [0, 0.05) is 11.1 Å². The first-order valence-corrected chi connectivity index (χ1v) is 8.23. The third-order valence-electron chi connectivity index (χ3n) is 4.19. The van der Waals surface area contributed by atoms with Crippen LogP contribution in [0.4, 0.5) is 5.69 Å². The second-order valence-electron chi connectivity index (χ2n) is 5.77. The third kappa shape index (κ3) is 3.31. The van der Waals surface area contributed by atoms with Crippen LogP contribution in [0.5, 0.6) is 23.0 Å². The molecule has 0 aliphatic carbocycles. The molecule has 6 heteroatoms. The van der Waals surface area contributed by atoms with Crippen molar-refractivity contribution >= 4 is 17.5 Å². The van der Waals surface area contributed by atoms with Crippen LogP contribution in [0.1, 0.15) is 29.3 Å². The van der Waals surface area contributed by atoms with Crippen LogP contribution < -0.4 is 24.7 Å². The number of nitrogen functional groups attached to an aromatic ring is 1. The van der Waals surface area contributed by atoms with Gasteiger partial charge in [-0.15, -0.1) is 0 Å². The second kappa shape index (κ2) is 7.39. The average Bonchev–Trinajstić information content (AvgIpc) is 3.13. The van der Waals surface area contributed by atoms with Crippen LogP contribution >= 0.6 is 0 Å². The summed E-state index contributed by atoms with van der Waals surface area (Å²) in [4.78, 5) is 12.9. The van der Waals surface area contributed by atoms with Crippen molar-refractivity contribution in [1.29, 1.82) is 0 Å². The van der Waals surface area contributed by atoms with Gasteiger partial charge in [0.2, 0.25) is 12.5 Å². The smallest absolute Gasteiger partial charge is 0.231 e. The number of nitrogens with two attached hydrogens (primary N) is 1. The van der Waals surface area contributed by atoms with E-state index in [9.17, 15) is 4.79 Å². The van der Waals surface area contributed by atoms with Crippen molar-refractivity contribution in [3.8, 4) is 23.0 Å². The monoisotopic (exact) mass is 355 g/mol. The Morgan fingerprint density at radius 3 is 2.62 bits per heavy atom. The standard InChI is InChI=1S/C20H21NO5/c1-4-13(19(22)14-5-6-15(21)16(10-14)23-2)7-12-8-17(24-3)20-18(9-12)25-11-26-20/h5-10H,4,11,21H2,1-3H3. The number of carbonyl (C=O) groups is 1. The summed E-state index contributed by atoms with van der Waals surface area (Å²) in [7, 11) is 3.09. The summed E-state index contributed by atoms with van der Waals surface area (Å²) in [6.45, 7) is 2.09. The lowest BCUT2D eigenvalue weighted by molar-refractivity contribution is 0.103. The lowest BCUT2D eigenvalue weighted by Crippen LogP contribution is -2.04. The number of ketones is 1. The molecule has 2 aromatic carbocycles. The summed E-state index contributed by atoms with van der Waals surface area (Å²) < 4.78 is 21.4. The summed E-state index contributed by atoms with van der Waals surface area (Å²) in [6, 6.07) is 8.67. The molecule has 2 aromatic rings. The second-order valence-corrected chi connectivity index (χ2v) is 5.77. The molecule has 3 rings (SSSR count). The lowest BCUT2D eigenvalue weighted by Gasteiger charge is -2.10. The number of rotatable bonds is 6. The number of Topliss-reactive ketones (excluding diaryl/α,β-unsaturated/α-hetero) is 1. The highest BCUT2D eigenvalue weighted by Gasteiger charge is 2.20. The van der Waals surface area contributed by atoms with Crippen LogP contribution in [-0.2, 0) is 0 Å². The molecule has 0 radical (unpaired) electrons. The number of carbonyl (C=O) groups excluding carboxylic acids is 1. The van der Waals surface area contributed by atoms with E-state index in [1.54, 1.807) is 25.3 Å². The number of hydrogen-bond acceptors (Lipinski definition) is 6. The van der Waals surface area contributed by atoms with Gasteiger partial charge in [-0.2, -0.15) is 0 Å². The van der Waals surface area contributed by atoms with Crippen molar-refractivity contribution in [2.45, 2.75) is 13.3 Å². The Bertz CT molecular complexity index is 873. The molecule has 0 fully saturated rings. The van der Waals surface area contributed by atoms with Crippen LogP contribution in [-0.4, -0.2) is 26.8 Å². The fourth-order valence-corrected chi connectivity index (χ4v) is 2.80. The Kier molecular flexibility index (Phi) is 5.02. The predicted octanol–water partition coefficient (Wildman–Crippen LogP) is 3.69. The zero-order valence-electron chi connectivity index (χ0n) is 15.0. The molecule has 1 aliphatic rings. The van der Waals surface area contributed by atoms with Crippen LogP contribution in [0.25, 0.3) is 6.08 Å². The number of ether oxygens (including phenoxy) is 4. The number of allylic oxidation sites excluding steroid dienone is 1. The number of hydrogen-bond donors (Lipinski definition) is 1. The Morgan fingerprint density at radius 1 is 1.15 bits per heavy atom. The van der Waals surface area contributed by atoms with Gasteiger partial charge in [0.05, 0.1) is 19.9 Å². The molecule has 0 unspecified atom stereocenters. The zero-order chi connectivity index (χ0) is 18.7. The summed E-state index contributed by atoms with van der Waals surface area (Å²) >= 11 is 0. The topological polar surface area (TPSA) is 80.0 Å². The molecule has 1 aliphatic heterocycles. The van der Waals surface area contributed by atoms with Gasteiger partial charge in [-0.3, -0.25) is 4.79 Å². The number of fused-ring (bicyclic) bond motifs is 1. The maximum atomic E-state index is 12.9. The SMILES string of the molecule is CCC(=Cc1cc(OC)c2c(c1)OCO2)C(=O)c1ccc(N)c(OC)c1. The van der Waals surface area contributed by atoms with E-state index in [4.69, 9.17) is 24.7 Å². The van der Waals surface area contributed by atoms with Gasteiger partial charge in [-0.1, -0.05) is 6.92 Å². The van der Waals surface area contributed by atoms with Gasteiger partial charge in [0.25, 0.3) is 0 Å². The van der Waals surface area contributed by atoms with E-state index in [0.717, 1.165) is 5.56 Å². The van der Waals surface area contributed by atoms with Gasteiger partial charge >= 0.3 is 0 Å². The van der Waals surface area contributed by atoms with E-state index < -0.39 is 0 Å². The Balaban J connectivity index is 1.97. The van der Waals surface area contributed by atoms with Crippen LogP contribution in [0, 0.1) is 0 Å². The van der Waals surface area contributed by atoms with E-state index >= 15 is 0 Å². The van der Waals surface area contributed by atoms with E-state index in [1.807, 2.05) is 25.1 Å². The van der Waals surface area contributed by atoms with Gasteiger partial charge < -0.3 is 24.7 Å². The molecular formula is C20H21NO5. The van der Waals surface area contributed by atoms with Crippen molar-refractivity contribution in [1.82, 2.24) is 0 Å². The first-order valence-electron chi connectivity index (χ1n) is 8.23. The summed E-state index contributed by atoms with van der Waals surface area (Å²) in [5.74, 6) is 2.16. The minimum absolute atomic E-state index is 0.0811. The Morgan fingerprint density at radius 2 is 1.92 bits per heavy atom. The molecule has 0 amide bonds. The van der Waals surface area contributed by atoms with Crippen molar-refractivity contribution in [3.63, 3.8) is 0 Å². The summed E-state index contributed by atoms with van der Waals surface area (Å²) in [6.07, 6.45) is 2.40. The highest BCUT2D eigenvalue weighted by molar-refractivity contribution is 6.11. The van der Waals surface area contributed by atoms with Gasteiger partial charge in [0.1, 0.15) is 5.75 Å². The molecular weight excluding hydrogens is 334 g/mol. The predicted molar refractivity (Wildman–Crippen MR) is 99.1 cm³/mol. The van der Waals surface area contributed by atoms with Crippen molar-refractivity contribution < 1.29 is 23.7 Å². The van der Waals surface area contributed by atoms with E-state index in [0.29, 0.717) is 46.2 Å². The number of benzene rings is 2. The minimum atomic E-state index is -0.0811. The minimum Gasteiger partial charge on any atom is -0.495 e. The van der Waals surface area contributed by atoms with Crippen molar-refractivity contribution in [2.24, 2.45) is 0 Å². The Labute approximate surface area is 152 Å². The molecule has 0 spiro atoms. The molecule has 26 heavy (non-hydrogen) atoms. The molecule has 0 saturated carbocycles. The molecule has 0 atom stereocenters. The molecule has 0 saturated heterocycles. The van der Waals surface area contributed by atoms with Gasteiger partial charge in [-0.05, 0) is 48.4 Å². The molecule has 6 nitrogen and oxygen atoms in total. The largest absolute Gasteiger partial charge is 0.495 e. The van der Waals surface area contributed by atoms with E-state index in [1.165, 1.54) is 7.11 Å². The van der Waals surface area contributed by atoms with Crippen LogP contribution in [0.3, 0.4) is 0 Å². The van der Waals surface area contributed by atoms with Crippen LogP contribution in [0.2, 0.25) is 0 Å². The quantitative estimate of drug-likeness (QED) is 0.484. The maximum Gasteiger partial charge on any atom is 0.231 e. The van der Waals surface area contributed by atoms with Crippen LogP contribution in [0.15, 0.2) is 35.9 Å². The fraction of sp³-hybridized carbons (Fsp3) is 0.250. The number of anilines is 1. The maximum absolute atomic E-state index is 12.9. The highest BCUT2D eigenvalue weighted by atomic mass is 16.7. The molecule has 1 heterocycles. The van der Waals surface area contributed by atoms with E-state index in [-0.39, 0.29) is 12.6 Å². The third-order valence-corrected chi connectivity index (χ3v) is 4.19. The van der Waals surface area contributed by atoms with Gasteiger partial charge in [0.15, 0.2) is 17.3 Å². The Hall–Kier alpha value is -3.15. The van der Waals surface area contributed by atoms with Gasteiger partial charge in [-0.25, -0.2) is 0 Å². The fourth-order valence-electron chi connectivity index (χ4n) is 2.80. The van der Waals surface area contributed by atoms with E-state index in [2.05, 4.69) is 0 Å². The number of methoxy groups -OCH3 is 2. The molecule has 2 N–H and O–H groups in total. The molecule has 0 bridgehead atoms.